The maximum absolute atomic E-state index is 11.7. The molecule has 0 aromatic rings. The van der Waals surface area contributed by atoms with E-state index in [1.54, 1.807) is 0 Å². The van der Waals surface area contributed by atoms with Crippen molar-refractivity contribution in [2.24, 2.45) is 0 Å². The number of hydrogen-bond acceptors (Lipinski definition) is 4. The summed E-state index contributed by atoms with van der Waals surface area (Å²) in [6, 6.07) is 0. The number of hydrogen-bond donors (Lipinski definition) is 2. The quantitative estimate of drug-likeness (QED) is 0.515. The maximum Gasteiger partial charge on any atom is 0.211 e. The van der Waals surface area contributed by atoms with Gasteiger partial charge in [0.05, 0.1) is 5.75 Å². The average molecular weight is 279 g/mol. The minimum absolute atomic E-state index is 0.233. The van der Waals surface area contributed by atoms with E-state index >= 15 is 0 Å². The summed E-state index contributed by atoms with van der Waals surface area (Å²) in [6.45, 7) is 11.3. The standard InChI is InChI=1S/C12H29N3O2S/c1-4-13-9-7-8-12-18(16,17)14-10-11-15(5-2)6-3/h13-14H,4-12H2,1-3H3. The van der Waals surface area contributed by atoms with Crippen LogP contribution < -0.4 is 10.0 Å². The lowest BCUT2D eigenvalue weighted by Crippen LogP contribution is -2.35. The summed E-state index contributed by atoms with van der Waals surface area (Å²) in [4.78, 5) is 2.20. The van der Waals surface area contributed by atoms with Crippen molar-refractivity contribution >= 4 is 10.0 Å². The van der Waals surface area contributed by atoms with Gasteiger partial charge in [-0.3, -0.25) is 0 Å². The average Bonchev–Trinajstić information content (AvgIpc) is 2.34. The molecule has 0 saturated heterocycles. The van der Waals surface area contributed by atoms with Crippen molar-refractivity contribution in [3.8, 4) is 0 Å². The molecule has 0 rings (SSSR count). The van der Waals surface area contributed by atoms with Gasteiger partial charge in [0.15, 0.2) is 0 Å². The molecule has 110 valence electrons. The minimum atomic E-state index is -3.09. The lowest BCUT2D eigenvalue weighted by Gasteiger charge is -2.17. The number of unbranched alkanes of at least 4 members (excludes halogenated alkanes) is 1. The third-order valence-corrected chi connectivity index (χ3v) is 4.38. The molecule has 0 aliphatic heterocycles. The van der Waals surface area contributed by atoms with Gasteiger partial charge in [0.2, 0.25) is 10.0 Å². The summed E-state index contributed by atoms with van der Waals surface area (Å²) in [5.41, 5.74) is 0. The van der Waals surface area contributed by atoms with Crippen LogP contribution in [-0.4, -0.2) is 58.3 Å². The van der Waals surface area contributed by atoms with E-state index in [4.69, 9.17) is 0 Å². The van der Waals surface area contributed by atoms with Crippen LogP contribution in [0.4, 0.5) is 0 Å². The zero-order valence-corrected chi connectivity index (χ0v) is 12.9. The van der Waals surface area contributed by atoms with Gasteiger partial charge in [0.25, 0.3) is 0 Å². The number of sulfonamides is 1. The van der Waals surface area contributed by atoms with Gasteiger partial charge in [-0.2, -0.15) is 0 Å². The highest BCUT2D eigenvalue weighted by Gasteiger charge is 2.09. The van der Waals surface area contributed by atoms with Gasteiger partial charge in [-0.15, -0.1) is 0 Å². The second-order valence-electron chi connectivity index (χ2n) is 4.30. The van der Waals surface area contributed by atoms with Gasteiger partial charge in [-0.05, 0) is 39.0 Å². The molecule has 0 saturated carbocycles. The topological polar surface area (TPSA) is 61.4 Å². The van der Waals surface area contributed by atoms with Crippen LogP contribution in [0.5, 0.6) is 0 Å². The van der Waals surface area contributed by atoms with Crippen LogP contribution in [0.2, 0.25) is 0 Å². The molecule has 6 heteroatoms. The molecular weight excluding hydrogens is 250 g/mol. The Bertz CT molecular complexity index is 277. The van der Waals surface area contributed by atoms with Crippen molar-refractivity contribution in [1.82, 2.24) is 14.9 Å². The van der Waals surface area contributed by atoms with E-state index in [9.17, 15) is 8.42 Å². The fourth-order valence-electron chi connectivity index (χ4n) is 1.69. The Hall–Kier alpha value is -0.170. The zero-order chi connectivity index (χ0) is 13.9. The molecule has 5 nitrogen and oxygen atoms in total. The first kappa shape index (κ1) is 17.8. The van der Waals surface area contributed by atoms with E-state index in [1.807, 2.05) is 6.92 Å². The Morgan fingerprint density at radius 2 is 1.67 bits per heavy atom. The largest absolute Gasteiger partial charge is 0.317 e. The first-order valence-corrected chi connectivity index (χ1v) is 8.61. The van der Waals surface area contributed by atoms with Gasteiger partial charge < -0.3 is 10.2 Å². The third-order valence-electron chi connectivity index (χ3n) is 2.91. The molecule has 0 unspecified atom stereocenters. The summed E-state index contributed by atoms with van der Waals surface area (Å²) >= 11 is 0. The minimum Gasteiger partial charge on any atom is -0.317 e. The Kier molecular flexibility index (Phi) is 10.6. The predicted octanol–water partition coefficient (Wildman–Crippen LogP) is 0.637. The number of nitrogens with one attached hydrogen (secondary N) is 2. The van der Waals surface area contributed by atoms with Crippen LogP contribution in [-0.2, 0) is 10.0 Å². The predicted molar refractivity (Wildman–Crippen MR) is 77.4 cm³/mol. The summed E-state index contributed by atoms with van der Waals surface area (Å²) in [5.74, 6) is 0.233. The van der Waals surface area contributed by atoms with Crippen LogP contribution in [0.3, 0.4) is 0 Å². The van der Waals surface area contributed by atoms with Gasteiger partial charge in [-0.25, -0.2) is 13.1 Å². The molecule has 0 aromatic carbocycles. The maximum atomic E-state index is 11.7. The highest BCUT2D eigenvalue weighted by Crippen LogP contribution is 1.94. The number of likely N-dealkylation sites (N-methyl/N-ethyl adjacent to an activating group) is 1. The first-order chi connectivity index (χ1) is 8.55. The monoisotopic (exact) mass is 279 g/mol. The van der Waals surface area contributed by atoms with Crippen LogP contribution in [0.1, 0.15) is 33.6 Å². The zero-order valence-electron chi connectivity index (χ0n) is 12.0. The summed E-state index contributed by atoms with van der Waals surface area (Å²) in [7, 11) is -3.09. The van der Waals surface area contributed by atoms with Gasteiger partial charge in [0.1, 0.15) is 0 Å². The molecular formula is C12H29N3O2S. The number of rotatable bonds is 12. The molecule has 0 atom stereocenters. The molecule has 0 amide bonds. The molecule has 0 radical (unpaired) electrons. The Morgan fingerprint density at radius 1 is 1.00 bits per heavy atom. The van der Waals surface area contributed by atoms with Crippen molar-refractivity contribution in [3.05, 3.63) is 0 Å². The molecule has 0 aliphatic rings. The molecule has 18 heavy (non-hydrogen) atoms. The van der Waals surface area contributed by atoms with E-state index in [2.05, 4.69) is 28.8 Å². The molecule has 0 bridgehead atoms. The lowest BCUT2D eigenvalue weighted by atomic mass is 10.3. The van der Waals surface area contributed by atoms with Crippen LogP contribution in [0.25, 0.3) is 0 Å². The van der Waals surface area contributed by atoms with Crippen molar-refractivity contribution in [1.29, 1.82) is 0 Å². The van der Waals surface area contributed by atoms with Gasteiger partial charge in [0, 0.05) is 13.1 Å². The summed E-state index contributed by atoms with van der Waals surface area (Å²) < 4.78 is 26.0. The highest BCUT2D eigenvalue weighted by molar-refractivity contribution is 7.89. The smallest absolute Gasteiger partial charge is 0.211 e. The fourth-order valence-corrected chi connectivity index (χ4v) is 2.82. The molecule has 2 N–H and O–H groups in total. The SMILES string of the molecule is CCNCCCCS(=O)(=O)NCCN(CC)CC. The number of nitrogens with zero attached hydrogens (tertiary/aromatic N) is 1. The second-order valence-corrected chi connectivity index (χ2v) is 6.23. The van der Waals surface area contributed by atoms with Crippen molar-refractivity contribution in [2.45, 2.75) is 33.6 Å². The first-order valence-electron chi connectivity index (χ1n) is 6.96. The van der Waals surface area contributed by atoms with Crippen LogP contribution in [0, 0.1) is 0 Å². The Balaban J connectivity index is 3.67. The van der Waals surface area contributed by atoms with Gasteiger partial charge >= 0.3 is 0 Å². The van der Waals surface area contributed by atoms with E-state index in [0.29, 0.717) is 13.0 Å². The van der Waals surface area contributed by atoms with Crippen molar-refractivity contribution in [3.63, 3.8) is 0 Å². The fraction of sp³-hybridized carbons (Fsp3) is 1.00. The normalized spacial score (nSPS) is 12.2. The lowest BCUT2D eigenvalue weighted by molar-refractivity contribution is 0.309. The Labute approximate surface area is 112 Å². The van der Waals surface area contributed by atoms with Crippen LogP contribution in [0.15, 0.2) is 0 Å². The third kappa shape index (κ3) is 9.82. The molecule has 0 aromatic heterocycles. The van der Waals surface area contributed by atoms with Crippen LogP contribution >= 0.6 is 0 Å². The molecule has 0 heterocycles. The summed E-state index contributed by atoms with van der Waals surface area (Å²) in [6.07, 6.45) is 1.62. The summed E-state index contributed by atoms with van der Waals surface area (Å²) in [5, 5.41) is 3.19. The highest BCUT2D eigenvalue weighted by atomic mass is 32.2. The second kappa shape index (κ2) is 10.7. The Morgan fingerprint density at radius 3 is 2.22 bits per heavy atom. The van der Waals surface area contributed by atoms with Crippen molar-refractivity contribution in [2.75, 3.05) is 45.0 Å². The molecule has 0 spiro atoms. The molecule has 0 aliphatic carbocycles. The van der Waals surface area contributed by atoms with E-state index in [1.165, 1.54) is 0 Å². The van der Waals surface area contributed by atoms with E-state index in [-0.39, 0.29) is 5.75 Å². The van der Waals surface area contributed by atoms with E-state index in [0.717, 1.165) is 39.1 Å². The van der Waals surface area contributed by atoms with Crippen molar-refractivity contribution < 1.29 is 8.42 Å². The van der Waals surface area contributed by atoms with E-state index < -0.39 is 10.0 Å². The van der Waals surface area contributed by atoms with Gasteiger partial charge in [-0.1, -0.05) is 20.8 Å². The molecule has 0 fully saturated rings.